The van der Waals surface area contributed by atoms with Crippen LogP contribution in [0, 0.1) is 0 Å². The van der Waals surface area contributed by atoms with E-state index in [1.54, 1.807) is 18.6 Å². The van der Waals surface area contributed by atoms with Crippen LogP contribution in [0.25, 0.3) is 11.3 Å². The minimum Gasteiger partial charge on any atom is -0.382 e. The summed E-state index contributed by atoms with van der Waals surface area (Å²) in [7, 11) is 0. The van der Waals surface area contributed by atoms with Crippen LogP contribution in [-0.4, -0.2) is 66.2 Å². The molecule has 2 aliphatic rings. The second-order valence-corrected chi connectivity index (χ2v) is 8.60. The smallest absolute Gasteiger partial charge is 0.189 e. The summed E-state index contributed by atoms with van der Waals surface area (Å²) in [6.45, 7) is 4.92. The number of nitrogens with one attached hydrogen (secondary N) is 2. The molecule has 5 rings (SSSR count). The number of ether oxygens (including phenoxy) is 1. The van der Waals surface area contributed by atoms with E-state index in [1.807, 2.05) is 30.3 Å². The molecule has 176 valence electrons. The molecule has 0 unspecified atom stereocenters. The van der Waals surface area contributed by atoms with E-state index < -0.39 is 0 Å². The third-order valence-corrected chi connectivity index (χ3v) is 6.26. The van der Waals surface area contributed by atoms with E-state index in [0.717, 1.165) is 55.1 Å². The average molecular weight is 460 g/mol. The lowest BCUT2D eigenvalue weighted by molar-refractivity contribution is 0.0988. The Morgan fingerprint density at radius 3 is 2.76 bits per heavy atom. The number of carbonyl (C=O) groups excluding carboxylic acids is 1. The number of rotatable bonds is 7. The van der Waals surface area contributed by atoms with Gasteiger partial charge in [0.2, 0.25) is 0 Å². The number of nitrogen functional groups attached to an aromatic ring is 1. The summed E-state index contributed by atoms with van der Waals surface area (Å²) in [5.74, 6) is -0.0426. The molecule has 2 fully saturated rings. The number of nitrogens with zero attached hydrogens (tertiary/aromatic N) is 4. The quantitative estimate of drug-likeness (QED) is 0.457. The summed E-state index contributed by atoms with van der Waals surface area (Å²) in [5, 5.41) is 6.88. The van der Waals surface area contributed by atoms with Crippen molar-refractivity contribution in [1.82, 2.24) is 20.3 Å². The van der Waals surface area contributed by atoms with E-state index in [2.05, 4.69) is 30.5 Å². The highest BCUT2D eigenvalue weighted by Crippen LogP contribution is 2.25. The molecule has 3 aromatic rings. The molecule has 0 amide bonds. The number of ketones is 1. The van der Waals surface area contributed by atoms with Crippen LogP contribution in [0.3, 0.4) is 0 Å². The van der Waals surface area contributed by atoms with Gasteiger partial charge in [0, 0.05) is 67.0 Å². The Morgan fingerprint density at radius 2 is 2.00 bits per heavy atom. The van der Waals surface area contributed by atoms with E-state index in [1.165, 1.54) is 0 Å². The van der Waals surface area contributed by atoms with Gasteiger partial charge in [0.1, 0.15) is 5.69 Å². The first-order valence-electron chi connectivity index (χ1n) is 11.7. The second-order valence-electron chi connectivity index (χ2n) is 8.60. The van der Waals surface area contributed by atoms with Crippen molar-refractivity contribution >= 4 is 23.0 Å². The summed E-state index contributed by atoms with van der Waals surface area (Å²) in [4.78, 5) is 28.5. The Balaban J connectivity index is 1.33. The molecule has 0 saturated carbocycles. The van der Waals surface area contributed by atoms with Gasteiger partial charge in [0.25, 0.3) is 0 Å². The number of Topliss-reactive ketones (excluding diaryl/α,β-unsaturated/α-hetero) is 1. The molecule has 2 saturated heterocycles. The number of nitrogens with two attached hydrogens (primary N) is 1. The fourth-order valence-corrected chi connectivity index (χ4v) is 4.42. The molecule has 4 heterocycles. The molecule has 2 aliphatic heterocycles. The van der Waals surface area contributed by atoms with Gasteiger partial charge in [-0.15, -0.1) is 0 Å². The number of pyridine rings is 1. The molecular weight excluding hydrogens is 430 g/mol. The largest absolute Gasteiger partial charge is 0.382 e. The van der Waals surface area contributed by atoms with Crippen LogP contribution in [0.2, 0.25) is 0 Å². The minimum atomic E-state index is -0.179. The normalized spacial score (nSPS) is 18.1. The zero-order chi connectivity index (χ0) is 23.3. The molecule has 9 nitrogen and oxygen atoms in total. The van der Waals surface area contributed by atoms with Crippen LogP contribution in [0.4, 0.5) is 17.2 Å². The highest BCUT2D eigenvalue weighted by atomic mass is 16.5. The topological polar surface area (TPSA) is 118 Å². The summed E-state index contributed by atoms with van der Waals surface area (Å²) in [6.07, 6.45) is 6.36. The number of benzene rings is 1. The standard InChI is InChI=1S/C25H29N7O2/c26-25-24(23(33)13-18-14-27-8-6-22(18)32-9-11-34-12-10-32)31-21(16-29-25)17-1-3-19(4-2-17)30-20-5-7-28-15-20/h1-4,6,8,14,16,20,28,30H,5,7,9-13,15H2,(H2,26,29)/t20-/m1/s1. The van der Waals surface area contributed by atoms with E-state index in [-0.39, 0.29) is 23.7 Å². The van der Waals surface area contributed by atoms with Crippen LogP contribution >= 0.6 is 0 Å². The third kappa shape index (κ3) is 5.00. The summed E-state index contributed by atoms with van der Waals surface area (Å²) in [5.41, 5.74) is 10.7. The van der Waals surface area contributed by atoms with Crippen molar-refractivity contribution in [3.8, 4) is 11.3 Å². The first-order valence-corrected chi connectivity index (χ1v) is 11.7. The van der Waals surface area contributed by atoms with Gasteiger partial charge in [-0.1, -0.05) is 12.1 Å². The van der Waals surface area contributed by atoms with Crippen molar-refractivity contribution in [3.63, 3.8) is 0 Å². The molecular formula is C25H29N7O2. The average Bonchev–Trinajstić information content (AvgIpc) is 3.39. The third-order valence-electron chi connectivity index (χ3n) is 6.26. The van der Waals surface area contributed by atoms with Gasteiger partial charge >= 0.3 is 0 Å². The zero-order valence-corrected chi connectivity index (χ0v) is 19.0. The van der Waals surface area contributed by atoms with E-state index in [4.69, 9.17) is 10.5 Å². The molecule has 2 aromatic heterocycles. The highest BCUT2D eigenvalue weighted by molar-refractivity contribution is 6.00. The van der Waals surface area contributed by atoms with Gasteiger partial charge in [-0.05, 0) is 31.2 Å². The van der Waals surface area contributed by atoms with Crippen LogP contribution in [0.5, 0.6) is 0 Å². The van der Waals surface area contributed by atoms with Crippen molar-refractivity contribution in [2.45, 2.75) is 18.9 Å². The van der Waals surface area contributed by atoms with Crippen molar-refractivity contribution in [2.24, 2.45) is 0 Å². The van der Waals surface area contributed by atoms with Gasteiger partial charge in [0.15, 0.2) is 11.6 Å². The van der Waals surface area contributed by atoms with Gasteiger partial charge in [0.05, 0.1) is 25.1 Å². The molecule has 1 aromatic carbocycles. The SMILES string of the molecule is Nc1ncc(-c2ccc(N[C@@H]3CCNC3)cc2)nc1C(=O)Cc1cnccc1N1CCOCC1. The molecule has 4 N–H and O–H groups in total. The van der Waals surface area contributed by atoms with Crippen molar-refractivity contribution in [3.05, 3.63) is 60.2 Å². The molecule has 0 bridgehead atoms. The van der Waals surface area contributed by atoms with Crippen LogP contribution in [0.1, 0.15) is 22.5 Å². The fraction of sp³-hybridized carbons (Fsp3) is 0.360. The van der Waals surface area contributed by atoms with E-state index in [0.29, 0.717) is 24.9 Å². The lowest BCUT2D eigenvalue weighted by atomic mass is 10.1. The predicted molar refractivity (Wildman–Crippen MR) is 132 cm³/mol. The molecule has 1 atom stereocenters. The summed E-state index contributed by atoms with van der Waals surface area (Å²) < 4.78 is 5.46. The van der Waals surface area contributed by atoms with E-state index >= 15 is 0 Å². The lowest BCUT2D eigenvalue weighted by Crippen LogP contribution is -2.37. The Kier molecular flexibility index (Phi) is 6.64. The number of hydrogen-bond acceptors (Lipinski definition) is 9. The van der Waals surface area contributed by atoms with Crippen LogP contribution < -0.4 is 21.3 Å². The number of hydrogen-bond donors (Lipinski definition) is 3. The maximum absolute atomic E-state index is 13.2. The number of morpholine rings is 1. The first-order chi connectivity index (χ1) is 16.7. The van der Waals surface area contributed by atoms with Crippen LogP contribution in [-0.2, 0) is 11.2 Å². The van der Waals surface area contributed by atoms with Gasteiger partial charge < -0.3 is 26.0 Å². The lowest BCUT2D eigenvalue weighted by Gasteiger charge is -2.30. The van der Waals surface area contributed by atoms with Crippen LogP contribution in [0.15, 0.2) is 48.9 Å². The fourth-order valence-electron chi connectivity index (χ4n) is 4.42. The van der Waals surface area contributed by atoms with Crippen molar-refractivity contribution < 1.29 is 9.53 Å². The van der Waals surface area contributed by atoms with Gasteiger partial charge in [-0.2, -0.15) is 0 Å². The Hall–Kier alpha value is -3.56. The Labute approximate surface area is 198 Å². The number of anilines is 3. The Morgan fingerprint density at radius 1 is 1.18 bits per heavy atom. The second kappa shape index (κ2) is 10.1. The molecule has 0 radical (unpaired) electrons. The van der Waals surface area contributed by atoms with Crippen molar-refractivity contribution in [1.29, 1.82) is 0 Å². The van der Waals surface area contributed by atoms with Gasteiger partial charge in [-0.25, -0.2) is 9.97 Å². The minimum absolute atomic E-state index is 0.137. The van der Waals surface area contributed by atoms with Gasteiger partial charge in [-0.3, -0.25) is 9.78 Å². The molecule has 9 heteroatoms. The summed E-state index contributed by atoms with van der Waals surface area (Å²) in [6, 6.07) is 10.4. The number of carbonyl (C=O) groups is 1. The van der Waals surface area contributed by atoms with Crippen molar-refractivity contribution in [2.75, 3.05) is 55.3 Å². The van der Waals surface area contributed by atoms with E-state index in [9.17, 15) is 4.79 Å². The maximum Gasteiger partial charge on any atom is 0.189 e. The number of aromatic nitrogens is 3. The highest BCUT2D eigenvalue weighted by Gasteiger charge is 2.20. The first kappa shape index (κ1) is 22.2. The monoisotopic (exact) mass is 459 g/mol. The maximum atomic E-state index is 13.2. The predicted octanol–water partition coefficient (Wildman–Crippen LogP) is 2.16. The molecule has 34 heavy (non-hydrogen) atoms. The Bertz CT molecular complexity index is 1140. The zero-order valence-electron chi connectivity index (χ0n) is 19.0. The summed E-state index contributed by atoms with van der Waals surface area (Å²) >= 11 is 0. The molecule has 0 spiro atoms. The molecule has 0 aliphatic carbocycles.